The van der Waals surface area contributed by atoms with Gasteiger partial charge in [0.1, 0.15) is 6.54 Å². The zero-order valence-electron chi connectivity index (χ0n) is 17.6. The van der Waals surface area contributed by atoms with Gasteiger partial charge in [0.2, 0.25) is 5.91 Å². The maximum absolute atomic E-state index is 12.7. The van der Waals surface area contributed by atoms with Gasteiger partial charge in [-0.3, -0.25) is 14.5 Å². The summed E-state index contributed by atoms with van der Waals surface area (Å²) in [7, 11) is 1.35. The molecule has 1 fully saturated rings. The number of nitrogens with one attached hydrogen (secondary N) is 2. The number of methoxy groups -OCH3 is 1. The summed E-state index contributed by atoms with van der Waals surface area (Å²) in [6, 6.07) is 6.19. The Balaban J connectivity index is 1.88. The standard InChI is InChI=1S/C21H32N4O3S/c1-4-16-8-6-9-17(5-2)20(16)23-18(26)15-24-10-7-11-25(13-12-24)21(29)22-14-19(27)28-3/h6,8-9H,4-5,7,10-15H2,1-3H3,(H,22,29)(H,23,26). The van der Waals surface area contributed by atoms with Gasteiger partial charge >= 0.3 is 5.97 Å². The molecule has 8 heteroatoms. The Labute approximate surface area is 178 Å². The molecule has 0 bridgehead atoms. The van der Waals surface area contributed by atoms with Crippen LogP contribution in [-0.4, -0.2) is 73.2 Å². The van der Waals surface area contributed by atoms with Crippen molar-refractivity contribution < 1.29 is 14.3 Å². The number of esters is 1. The second-order valence-corrected chi connectivity index (χ2v) is 7.44. The average Bonchev–Trinajstić information content (AvgIpc) is 2.97. The molecule has 1 aliphatic rings. The topological polar surface area (TPSA) is 73.9 Å². The first kappa shape index (κ1) is 23.1. The van der Waals surface area contributed by atoms with E-state index >= 15 is 0 Å². The molecule has 1 saturated heterocycles. The van der Waals surface area contributed by atoms with Gasteiger partial charge in [-0.25, -0.2) is 0 Å². The quantitative estimate of drug-likeness (QED) is 0.515. The van der Waals surface area contributed by atoms with Crippen molar-refractivity contribution in [1.82, 2.24) is 15.1 Å². The zero-order valence-corrected chi connectivity index (χ0v) is 18.4. The third-order valence-electron chi connectivity index (χ3n) is 5.12. The Morgan fingerprint density at radius 1 is 1.10 bits per heavy atom. The van der Waals surface area contributed by atoms with Crippen molar-refractivity contribution in [3.63, 3.8) is 0 Å². The van der Waals surface area contributed by atoms with E-state index in [2.05, 4.69) is 46.3 Å². The number of ether oxygens (including phenoxy) is 1. The maximum Gasteiger partial charge on any atom is 0.325 e. The van der Waals surface area contributed by atoms with Crippen molar-refractivity contribution in [2.45, 2.75) is 33.1 Å². The first-order chi connectivity index (χ1) is 14.0. The van der Waals surface area contributed by atoms with Gasteiger partial charge < -0.3 is 20.3 Å². The van der Waals surface area contributed by atoms with E-state index in [1.54, 1.807) is 0 Å². The monoisotopic (exact) mass is 420 g/mol. The molecule has 2 N–H and O–H groups in total. The van der Waals surface area contributed by atoms with E-state index in [0.29, 0.717) is 18.2 Å². The van der Waals surface area contributed by atoms with Crippen LogP contribution in [0.3, 0.4) is 0 Å². The second kappa shape index (κ2) is 11.7. The highest BCUT2D eigenvalue weighted by Crippen LogP contribution is 2.22. The molecule has 1 aromatic carbocycles. The molecule has 0 spiro atoms. The first-order valence-electron chi connectivity index (χ1n) is 10.2. The minimum atomic E-state index is -0.348. The molecule has 29 heavy (non-hydrogen) atoms. The summed E-state index contributed by atoms with van der Waals surface area (Å²) >= 11 is 5.38. The number of carbonyl (C=O) groups excluding carboxylic acids is 2. The van der Waals surface area contributed by atoms with Crippen molar-refractivity contribution in [2.75, 3.05) is 51.7 Å². The number of aryl methyl sites for hydroxylation is 2. The molecule has 7 nitrogen and oxygen atoms in total. The molecular weight excluding hydrogens is 388 g/mol. The first-order valence-corrected chi connectivity index (χ1v) is 10.6. The molecule has 0 radical (unpaired) electrons. The van der Waals surface area contributed by atoms with E-state index in [-0.39, 0.29) is 18.4 Å². The van der Waals surface area contributed by atoms with Gasteiger partial charge in [-0.15, -0.1) is 0 Å². The number of carbonyl (C=O) groups is 2. The van der Waals surface area contributed by atoms with Crippen LogP contribution in [0.5, 0.6) is 0 Å². The molecule has 0 saturated carbocycles. The Morgan fingerprint density at radius 2 is 1.79 bits per heavy atom. The number of thiocarbonyl (C=S) groups is 1. The Hall–Kier alpha value is -2.19. The summed E-state index contributed by atoms with van der Waals surface area (Å²) in [6.45, 7) is 7.71. The molecule has 2 rings (SSSR count). The van der Waals surface area contributed by atoms with E-state index in [1.807, 2.05) is 11.0 Å². The lowest BCUT2D eigenvalue weighted by Crippen LogP contribution is -2.44. The summed E-state index contributed by atoms with van der Waals surface area (Å²) < 4.78 is 4.62. The lowest BCUT2D eigenvalue weighted by atomic mass is 10.0. The molecule has 0 atom stereocenters. The van der Waals surface area contributed by atoms with Crippen LogP contribution in [-0.2, 0) is 27.2 Å². The smallest absolute Gasteiger partial charge is 0.325 e. The van der Waals surface area contributed by atoms with Gasteiger partial charge in [0.05, 0.1) is 13.7 Å². The number of hydrogen-bond acceptors (Lipinski definition) is 5. The van der Waals surface area contributed by atoms with Gasteiger partial charge in [0, 0.05) is 31.9 Å². The van der Waals surface area contributed by atoms with E-state index in [9.17, 15) is 9.59 Å². The van der Waals surface area contributed by atoms with Gasteiger partial charge in [-0.1, -0.05) is 32.0 Å². The highest BCUT2D eigenvalue weighted by molar-refractivity contribution is 7.80. The summed E-state index contributed by atoms with van der Waals surface area (Å²) in [4.78, 5) is 28.2. The van der Waals surface area contributed by atoms with Crippen LogP contribution in [0.1, 0.15) is 31.4 Å². The number of rotatable bonds is 7. The number of benzene rings is 1. The molecule has 1 aromatic rings. The molecular formula is C21H32N4O3S. The van der Waals surface area contributed by atoms with Crippen LogP contribution in [0.2, 0.25) is 0 Å². The molecule has 1 amide bonds. The van der Waals surface area contributed by atoms with Crippen molar-refractivity contribution in [3.8, 4) is 0 Å². The highest BCUT2D eigenvalue weighted by atomic mass is 32.1. The number of para-hydroxylation sites is 1. The highest BCUT2D eigenvalue weighted by Gasteiger charge is 2.20. The Bertz CT molecular complexity index is 704. The van der Waals surface area contributed by atoms with Crippen molar-refractivity contribution >= 4 is 34.9 Å². The number of anilines is 1. The van der Waals surface area contributed by atoms with Gasteiger partial charge in [-0.05, 0) is 42.6 Å². The van der Waals surface area contributed by atoms with Crippen LogP contribution in [0, 0.1) is 0 Å². The van der Waals surface area contributed by atoms with Crippen LogP contribution in [0.25, 0.3) is 0 Å². The number of nitrogens with zero attached hydrogens (tertiary/aromatic N) is 2. The van der Waals surface area contributed by atoms with Crippen molar-refractivity contribution in [2.24, 2.45) is 0 Å². The molecule has 1 aliphatic heterocycles. The van der Waals surface area contributed by atoms with Gasteiger partial charge in [-0.2, -0.15) is 0 Å². The fourth-order valence-corrected chi connectivity index (χ4v) is 3.70. The second-order valence-electron chi connectivity index (χ2n) is 7.06. The lowest BCUT2D eigenvalue weighted by Gasteiger charge is -2.24. The molecule has 0 unspecified atom stereocenters. The molecule has 160 valence electrons. The summed E-state index contributed by atoms with van der Waals surface area (Å²) in [5.74, 6) is -0.334. The van der Waals surface area contributed by atoms with Gasteiger partial charge in [0.15, 0.2) is 5.11 Å². The van der Waals surface area contributed by atoms with E-state index in [4.69, 9.17) is 12.2 Å². The third kappa shape index (κ3) is 6.97. The number of amides is 1. The fraction of sp³-hybridized carbons (Fsp3) is 0.571. The molecule has 0 aromatic heterocycles. The van der Waals surface area contributed by atoms with Crippen LogP contribution < -0.4 is 10.6 Å². The average molecular weight is 421 g/mol. The maximum atomic E-state index is 12.7. The third-order valence-corrected chi connectivity index (χ3v) is 5.52. The lowest BCUT2D eigenvalue weighted by molar-refractivity contribution is -0.139. The number of hydrogen-bond donors (Lipinski definition) is 2. The summed E-state index contributed by atoms with van der Waals surface area (Å²) in [6.07, 6.45) is 2.68. The Morgan fingerprint density at radius 3 is 2.41 bits per heavy atom. The van der Waals surface area contributed by atoms with Crippen LogP contribution >= 0.6 is 12.2 Å². The summed E-state index contributed by atoms with van der Waals surface area (Å²) in [5.41, 5.74) is 3.30. The van der Waals surface area contributed by atoms with E-state index in [0.717, 1.165) is 44.6 Å². The minimum absolute atomic E-state index is 0.0143. The molecule has 1 heterocycles. The fourth-order valence-electron chi connectivity index (χ4n) is 3.45. The molecule has 0 aliphatic carbocycles. The predicted octanol–water partition coefficient (Wildman–Crippen LogP) is 1.81. The summed E-state index contributed by atoms with van der Waals surface area (Å²) in [5, 5.41) is 6.61. The largest absolute Gasteiger partial charge is 0.468 e. The SMILES string of the molecule is CCc1cccc(CC)c1NC(=O)CN1CCCN(C(=S)NCC(=O)OC)CC1. The zero-order chi connectivity index (χ0) is 21.2. The van der Waals surface area contributed by atoms with Crippen molar-refractivity contribution in [3.05, 3.63) is 29.3 Å². The van der Waals surface area contributed by atoms with Gasteiger partial charge in [0.25, 0.3) is 0 Å². The normalized spacial score (nSPS) is 14.8. The minimum Gasteiger partial charge on any atom is -0.468 e. The van der Waals surface area contributed by atoms with Crippen LogP contribution in [0.4, 0.5) is 5.69 Å². The Kier molecular flexibility index (Phi) is 9.34. The van der Waals surface area contributed by atoms with E-state index < -0.39 is 0 Å². The van der Waals surface area contributed by atoms with Crippen molar-refractivity contribution in [1.29, 1.82) is 0 Å². The van der Waals surface area contributed by atoms with E-state index in [1.165, 1.54) is 18.2 Å². The predicted molar refractivity (Wildman–Crippen MR) is 119 cm³/mol. The van der Waals surface area contributed by atoms with Crippen LogP contribution in [0.15, 0.2) is 18.2 Å².